The molecule has 0 saturated carbocycles. The third-order valence-corrected chi connectivity index (χ3v) is 5.85. The molecule has 0 bridgehead atoms. The van der Waals surface area contributed by atoms with Crippen LogP contribution in [-0.4, -0.2) is 60.9 Å². The molecule has 7 nitrogen and oxygen atoms in total. The average molecular weight is 440 g/mol. The summed E-state index contributed by atoms with van der Waals surface area (Å²) in [6.07, 6.45) is 1.65. The lowest BCUT2D eigenvalue weighted by molar-refractivity contribution is -0.127. The van der Waals surface area contributed by atoms with Crippen LogP contribution in [0.1, 0.15) is 38.2 Å². The van der Waals surface area contributed by atoms with Gasteiger partial charge in [0.2, 0.25) is 11.8 Å². The summed E-state index contributed by atoms with van der Waals surface area (Å²) in [5.74, 6) is -2.54. The van der Waals surface area contributed by atoms with Gasteiger partial charge in [-0.1, -0.05) is 13.3 Å². The molecule has 1 aromatic rings. The fourth-order valence-electron chi connectivity index (χ4n) is 4.13. The number of unbranched alkanes of at least 4 members (excludes halogenated alkanes) is 1. The normalized spacial score (nSPS) is 25.3. The van der Waals surface area contributed by atoms with Gasteiger partial charge in [0.1, 0.15) is 11.6 Å². The molecular formula is C22H31F2N3O4. The van der Waals surface area contributed by atoms with Crippen LogP contribution in [0.5, 0.6) is 0 Å². The Hall–Kier alpha value is -2.10. The molecule has 2 amide bonds. The summed E-state index contributed by atoms with van der Waals surface area (Å²) in [6, 6.07) is 2.04. The van der Waals surface area contributed by atoms with Gasteiger partial charge in [0.15, 0.2) is 0 Å². The molecule has 2 saturated heterocycles. The fraction of sp³-hybridized carbons (Fsp3) is 0.636. The quantitative estimate of drug-likeness (QED) is 0.408. The number of halogens is 2. The molecule has 0 spiro atoms. The van der Waals surface area contributed by atoms with Crippen molar-refractivity contribution in [2.75, 3.05) is 19.7 Å². The van der Waals surface area contributed by atoms with Gasteiger partial charge in [0.05, 0.1) is 24.2 Å². The first-order chi connectivity index (χ1) is 14.9. The number of nitrogens with one attached hydrogen (secondary N) is 3. The first-order valence-corrected chi connectivity index (χ1v) is 10.9. The summed E-state index contributed by atoms with van der Waals surface area (Å²) in [6.45, 7) is 3.55. The molecular weight excluding hydrogens is 408 g/mol. The Balaban J connectivity index is 1.68. The Morgan fingerprint density at radius 1 is 1.29 bits per heavy atom. The maximum absolute atomic E-state index is 13.7. The van der Waals surface area contributed by atoms with E-state index in [1.807, 2.05) is 0 Å². The van der Waals surface area contributed by atoms with Crippen molar-refractivity contribution in [3.05, 3.63) is 35.4 Å². The highest BCUT2D eigenvalue weighted by atomic mass is 19.1. The number of rotatable bonds is 10. The average Bonchev–Trinajstić information content (AvgIpc) is 3.35. The van der Waals surface area contributed by atoms with Crippen molar-refractivity contribution in [2.24, 2.45) is 5.92 Å². The highest BCUT2D eigenvalue weighted by molar-refractivity contribution is 5.89. The van der Waals surface area contributed by atoms with Crippen LogP contribution >= 0.6 is 0 Å². The Labute approximate surface area is 180 Å². The van der Waals surface area contributed by atoms with E-state index in [1.54, 1.807) is 0 Å². The van der Waals surface area contributed by atoms with Gasteiger partial charge in [0.25, 0.3) is 0 Å². The van der Waals surface area contributed by atoms with Gasteiger partial charge in [-0.05, 0) is 37.0 Å². The zero-order valence-electron chi connectivity index (χ0n) is 17.7. The molecule has 172 valence electrons. The van der Waals surface area contributed by atoms with E-state index in [1.165, 1.54) is 12.1 Å². The van der Waals surface area contributed by atoms with E-state index in [0.29, 0.717) is 25.1 Å². The minimum absolute atomic E-state index is 0.0363. The standard InChI is InChI=1S/C22H31F2N3O4/c1-2-3-4-31-17-10-18(25-12-17)21(29)19(7-13-5-15(23)9-16(24)6-13)27-22(30)14-8-20(28)26-11-14/h5-6,9,14,17-19,21,25,29H,2-4,7-8,10-12H2,1H3,(H,26,28)(H,27,30)/t14?,17-,18-,19+,21-/m1/s1. The van der Waals surface area contributed by atoms with Crippen molar-refractivity contribution in [1.82, 2.24) is 16.0 Å². The second-order valence-corrected chi connectivity index (χ2v) is 8.39. The molecule has 9 heteroatoms. The predicted molar refractivity (Wildman–Crippen MR) is 110 cm³/mol. The largest absolute Gasteiger partial charge is 0.389 e. The molecule has 4 N–H and O–H groups in total. The number of aliphatic hydroxyl groups is 1. The minimum atomic E-state index is -1.000. The van der Waals surface area contributed by atoms with E-state index in [0.717, 1.165) is 18.9 Å². The number of amides is 2. The number of benzene rings is 1. The van der Waals surface area contributed by atoms with Gasteiger partial charge in [-0.3, -0.25) is 9.59 Å². The van der Waals surface area contributed by atoms with Gasteiger partial charge in [-0.2, -0.15) is 0 Å². The van der Waals surface area contributed by atoms with Crippen LogP contribution in [0, 0.1) is 17.6 Å². The Kier molecular flexibility index (Phi) is 8.34. The van der Waals surface area contributed by atoms with Crippen LogP contribution in [0.15, 0.2) is 18.2 Å². The molecule has 2 fully saturated rings. The van der Waals surface area contributed by atoms with Crippen molar-refractivity contribution in [3.63, 3.8) is 0 Å². The molecule has 2 heterocycles. The van der Waals surface area contributed by atoms with Crippen LogP contribution < -0.4 is 16.0 Å². The van der Waals surface area contributed by atoms with Crippen LogP contribution in [-0.2, 0) is 20.7 Å². The number of ether oxygens (including phenoxy) is 1. The monoisotopic (exact) mass is 439 g/mol. The SMILES string of the molecule is CCCCO[C@H]1CN[C@@H]([C@@H](O)[C@H](Cc2cc(F)cc(F)c2)NC(=O)C2CNC(=O)C2)C1. The summed E-state index contributed by atoms with van der Waals surface area (Å²) in [4.78, 5) is 24.1. The molecule has 1 unspecified atom stereocenters. The summed E-state index contributed by atoms with van der Waals surface area (Å²) in [5.41, 5.74) is 0.330. The van der Waals surface area contributed by atoms with E-state index < -0.39 is 29.7 Å². The lowest BCUT2D eigenvalue weighted by Gasteiger charge is -2.29. The first-order valence-electron chi connectivity index (χ1n) is 10.9. The van der Waals surface area contributed by atoms with Crippen molar-refractivity contribution in [3.8, 4) is 0 Å². The second-order valence-electron chi connectivity index (χ2n) is 8.39. The van der Waals surface area contributed by atoms with Gasteiger partial charge >= 0.3 is 0 Å². The van der Waals surface area contributed by atoms with E-state index in [4.69, 9.17) is 4.74 Å². The van der Waals surface area contributed by atoms with E-state index in [9.17, 15) is 23.5 Å². The first kappa shape index (κ1) is 23.6. The van der Waals surface area contributed by atoms with Crippen LogP contribution in [0.2, 0.25) is 0 Å². The molecule has 2 aliphatic heterocycles. The Bertz CT molecular complexity index is 759. The summed E-state index contributed by atoms with van der Waals surface area (Å²) in [7, 11) is 0. The van der Waals surface area contributed by atoms with Crippen LogP contribution in [0.4, 0.5) is 8.78 Å². The zero-order valence-corrected chi connectivity index (χ0v) is 17.7. The number of carbonyl (C=O) groups excluding carboxylic acids is 2. The van der Waals surface area contributed by atoms with Crippen molar-refractivity contribution in [2.45, 2.75) is 63.3 Å². The Morgan fingerprint density at radius 3 is 2.68 bits per heavy atom. The highest BCUT2D eigenvalue weighted by Crippen LogP contribution is 2.20. The summed E-state index contributed by atoms with van der Waals surface area (Å²) < 4.78 is 33.2. The van der Waals surface area contributed by atoms with Crippen LogP contribution in [0.25, 0.3) is 0 Å². The Morgan fingerprint density at radius 2 is 2.03 bits per heavy atom. The van der Waals surface area contributed by atoms with E-state index >= 15 is 0 Å². The van der Waals surface area contributed by atoms with Gasteiger partial charge in [-0.25, -0.2) is 8.78 Å². The molecule has 0 aliphatic carbocycles. The fourth-order valence-corrected chi connectivity index (χ4v) is 4.13. The third kappa shape index (κ3) is 6.69. The van der Waals surface area contributed by atoms with Gasteiger partial charge in [0, 0.05) is 38.2 Å². The van der Waals surface area contributed by atoms with Gasteiger partial charge < -0.3 is 25.8 Å². The number of aliphatic hydroxyl groups excluding tert-OH is 1. The summed E-state index contributed by atoms with van der Waals surface area (Å²) in [5, 5.41) is 19.7. The smallest absolute Gasteiger partial charge is 0.225 e. The topological polar surface area (TPSA) is 99.7 Å². The lowest BCUT2D eigenvalue weighted by atomic mass is 9.94. The molecule has 1 aromatic carbocycles. The molecule has 0 radical (unpaired) electrons. The third-order valence-electron chi connectivity index (χ3n) is 5.85. The molecule has 0 aromatic heterocycles. The molecule has 3 rings (SSSR count). The lowest BCUT2D eigenvalue weighted by Crippen LogP contribution is -2.53. The second kappa shape index (κ2) is 11.0. The molecule has 5 atom stereocenters. The van der Waals surface area contributed by atoms with Gasteiger partial charge in [-0.15, -0.1) is 0 Å². The van der Waals surface area contributed by atoms with E-state index in [-0.39, 0.29) is 43.3 Å². The number of hydrogen-bond donors (Lipinski definition) is 4. The minimum Gasteiger partial charge on any atom is -0.389 e. The predicted octanol–water partition coefficient (Wildman–Crippen LogP) is 1.04. The molecule has 2 aliphatic rings. The number of hydrogen-bond acceptors (Lipinski definition) is 5. The van der Waals surface area contributed by atoms with Crippen molar-refractivity contribution in [1.29, 1.82) is 0 Å². The zero-order chi connectivity index (χ0) is 22.4. The molecule has 31 heavy (non-hydrogen) atoms. The maximum Gasteiger partial charge on any atom is 0.225 e. The van der Waals surface area contributed by atoms with Crippen molar-refractivity contribution >= 4 is 11.8 Å². The number of carbonyl (C=O) groups is 2. The summed E-state index contributed by atoms with van der Waals surface area (Å²) >= 11 is 0. The van der Waals surface area contributed by atoms with Crippen LogP contribution in [0.3, 0.4) is 0 Å². The van der Waals surface area contributed by atoms with Crippen molar-refractivity contribution < 1.29 is 28.2 Å². The highest BCUT2D eigenvalue weighted by Gasteiger charge is 2.37. The van der Waals surface area contributed by atoms with E-state index in [2.05, 4.69) is 22.9 Å². The maximum atomic E-state index is 13.7.